The first-order chi connectivity index (χ1) is 12.0. The number of rotatable bonds is 3. The molecule has 0 saturated carbocycles. The van der Waals surface area contributed by atoms with Gasteiger partial charge in [-0.1, -0.05) is 12.8 Å². The number of sulfonamides is 1. The molecule has 0 aromatic heterocycles. The molecule has 0 radical (unpaired) electrons. The first-order valence-corrected chi connectivity index (χ1v) is 10.6. The van der Waals surface area contributed by atoms with Crippen LogP contribution in [-0.4, -0.2) is 62.3 Å². The van der Waals surface area contributed by atoms with Gasteiger partial charge in [-0.25, -0.2) is 8.42 Å². The molecule has 1 atom stereocenters. The molecule has 0 bridgehead atoms. The van der Waals surface area contributed by atoms with Crippen LogP contribution >= 0.6 is 12.4 Å². The molecule has 0 unspecified atom stereocenters. The number of carbonyl (C=O) groups excluding carboxylic acids is 1. The first-order valence-electron chi connectivity index (χ1n) is 9.12. The van der Waals surface area contributed by atoms with E-state index in [1.54, 1.807) is 28.6 Å². The highest BCUT2D eigenvalue weighted by Crippen LogP contribution is 2.21. The second-order valence-corrected chi connectivity index (χ2v) is 8.83. The summed E-state index contributed by atoms with van der Waals surface area (Å²) >= 11 is 0. The van der Waals surface area contributed by atoms with Gasteiger partial charge in [-0.3, -0.25) is 4.79 Å². The molecule has 2 saturated heterocycles. The van der Waals surface area contributed by atoms with Gasteiger partial charge in [-0.05, 0) is 44.0 Å². The van der Waals surface area contributed by atoms with E-state index >= 15 is 0 Å². The summed E-state index contributed by atoms with van der Waals surface area (Å²) in [4.78, 5) is 14.8. The van der Waals surface area contributed by atoms with Crippen molar-refractivity contribution in [2.75, 3.05) is 32.7 Å². The van der Waals surface area contributed by atoms with Crippen molar-refractivity contribution in [3.63, 3.8) is 0 Å². The molecule has 2 aliphatic rings. The molecule has 26 heavy (non-hydrogen) atoms. The number of halogens is 1. The van der Waals surface area contributed by atoms with Crippen molar-refractivity contribution in [1.82, 2.24) is 14.5 Å². The molecule has 1 aromatic rings. The third kappa shape index (κ3) is 4.57. The Bertz CT molecular complexity index is 701. The van der Waals surface area contributed by atoms with E-state index in [0.29, 0.717) is 25.2 Å². The molecular formula is C18H28ClN3O3S. The number of carbonyl (C=O) groups is 1. The fourth-order valence-corrected chi connectivity index (χ4v) is 5.03. The molecule has 6 nitrogen and oxygen atoms in total. The van der Waals surface area contributed by atoms with Gasteiger partial charge < -0.3 is 10.2 Å². The number of nitrogens with one attached hydrogen (secondary N) is 1. The third-order valence-electron chi connectivity index (χ3n) is 5.07. The van der Waals surface area contributed by atoms with Crippen LogP contribution < -0.4 is 5.32 Å². The van der Waals surface area contributed by atoms with Gasteiger partial charge in [0.2, 0.25) is 10.0 Å². The lowest BCUT2D eigenvalue weighted by Crippen LogP contribution is -2.52. The number of piperazine rings is 1. The molecule has 1 amide bonds. The van der Waals surface area contributed by atoms with Crippen LogP contribution in [0.1, 0.15) is 43.0 Å². The summed E-state index contributed by atoms with van der Waals surface area (Å²) in [6.45, 7) is 5.43. The lowest BCUT2D eigenvalue weighted by atomic mass is 10.1. The van der Waals surface area contributed by atoms with Crippen molar-refractivity contribution in [2.24, 2.45) is 0 Å². The van der Waals surface area contributed by atoms with Crippen LogP contribution in [0.15, 0.2) is 29.2 Å². The smallest absolute Gasteiger partial charge is 0.254 e. The second-order valence-electron chi connectivity index (χ2n) is 6.89. The van der Waals surface area contributed by atoms with Crippen molar-refractivity contribution >= 4 is 28.3 Å². The van der Waals surface area contributed by atoms with Crippen LogP contribution in [0.4, 0.5) is 0 Å². The van der Waals surface area contributed by atoms with Gasteiger partial charge in [-0.15, -0.1) is 12.4 Å². The molecule has 2 heterocycles. The van der Waals surface area contributed by atoms with Crippen molar-refractivity contribution < 1.29 is 13.2 Å². The van der Waals surface area contributed by atoms with Crippen molar-refractivity contribution in [3.05, 3.63) is 29.8 Å². The topological polar surface area (TPSA) is 69.7 Å². The van der Waals surface area contributed by atoms with E-state index in [1.165, 1.54) is 0 Å². The average Bonchev–Trinajstić information content (AvgIpc) is 2.92. The highest BCUT2D eigenvalue weighted by atomic mass is 35.5. The van der Waals surface area contributed by atoms with E-state index in [2.05, 4.69) is 5.32 Å². The summed E-state index contributed by atoms with van der Waals surface area (Å²) in [6, 6.07) is 6.56. The highest BCUT2D eigenvalue weighted by Gasteiger charge is 2.27. The minimum atomic E-state index is -3.47. The van der Waals surface area contributed by atoms with E-state index < -0.39 is 10.0 Å². The van der Waals surface area contributed by atoms with Gasteiger partial charge in [0.15, 0.2) is 0 Å². The Morgan fingerprint density at radius 2 is 1.65 bits per heavy atom. The van der Waals surface area contributed by atoms with Gasteiger partial charge in [-0.2, -0.15) is 4.31 Å². The number of nitrogens with zero attached hydrogens (tertiary/aromatic N) is 2. The van der Waals surface area contributed by atoms with Gasteiger partial charge in [0.25, 0.3) is 5.91 Å². The maximum atomic E-state index is 12.8. The largest absolute Gasteiger partial charge is 0.333 e. The van der Waals surface area contributed by atoms with E-state index in [-0.39, 0.29) is 29.3 Å². The normalized spacial score (nSPS) is 22.3. The summed E-state index contributed by atoms with van der Waals surface area (Å²) in [5.74, 6) is -0.0345. The van der Waals surface area contributed by atoms with Crippen LogP contribution in [-0.2, 0) is 10.0 Å². The molecule has 1 N–H and O–H groups in total. The monoisotopic (exact) mass is 401 g/mol. The van der Waals surface area contributed by atoms with Gasteiger partial charge >= 0.3 is 0 Å². The molecule has 3 rings (SSSR count). The quantitative estimate of drug-likeness (QED) is 0.842. The predicted octanol–water partition coefficient (Wildman–Crippen LogP) is 2.11. The van der Waals surface area contributed by atoms with Crippen LogP contribution in [0.2, 0.25) is 0 Å². The third-order valence-corrected chi connectivity index (χ3v) is 6.98. The van der Waals surface area contributed by atoms with Crippen LogP contribution in [0.3, 0.4) is 0 Å². The predicted molar refractivity (Wildman–Crippen MR) is 104 cm³/mol. The molecule has 1 aromatic carbocycles. The number of hydrogen-bond donors (Lipinski definition) is 1. The number of hydrogen-bond acceptors (Lipinski definition) is 4. The van der Waals surface area contributed by atoms with Crippen LogP contribution in [0, 0.1) is 0 Å². The zero-order chi connectivity index (χ0) is 17.9. The lowest BCUT2D eigenvalue weighted by molar-refractivity contribution is 0.0655. The molecule has 0 spiro atoms. The van der Waals surface area contributed by atoms with Crippen molar-refractivity contribution in [1.29, 1.82) is 0 Å². The summed E-state index contributed by atoms with van der Waals surface area (Å²) in [5, 5.41) is 3.26. The Morgan fingerprint density at radius 1 is 1.04 bits per heavy atom. The first kappa shape index (κ1) is 21.2. The van der Waals surface area contributed by atoms with E-state index in [1.807, 2.05) is 11.8 Å². The Kier molecular flexibility index (Phi) is 7.46. The average molecular weight is 402 g/mol. The molecule has 2 fully saturated rings. The molecule has 8 heteroatoms. The fraction of sp³-hybridized carbons (Fsp3) is 0.611. The number of amides is 1. The Hall–Kier alpha value is -1.15. The maximum absolute atomic E-state index is 12.8. The minimum Gasteiger partial charge on any atom is -0.333 e. The fourth-order valence-electron chi connectivity index (χ4n) is 3.51. The van der Waals surface area contributed by atoms with E-state index in [4.69, 9.17) is 0 Å². The van der Waals surface area contributed by atoms with Crippen molar-refractivity contribution in [2.45, 2.75) is 43.5 Å². The highest BCUT2D eigenvalue weighted by molar-refractivity contribution is 7.89. The van der Waals surface area contributed by atoms with Gasteiger partial charge in [0.1, 0.15) is 0 Å². The van der Waals surface area contributed by atoms with Crippen LogP contribution in [0.5, 0.6) is 0 Å². The minimum absolute atomic E-state index is 0. The molecular weight excluding hydrogens is 374 g/mol. The summed E-state index contributed by atoms with van der Waals surface area (Å²) in [6.07, 6.45) is 4.00. The Balaban J connectivity index is 0.00000243. The molecule has 2 aliphatic heterocycles. The summed E-state index contributed by atoms with van der Waals surface area (Å²) < 4.78 is 27.2. The zero-order valence-corrected chi connectivity index (χ0v) is 16.8. The SMILES string of the molecule is C[C@H]1CNCCN1C(=O)c1ccc(S(=O)(=O)N2CCCCCC2)cc1.Cl. The standard InChI is InChI=1S/C18H27N3O3S.ClH/c1-15-14-19-10-13-21(15)18(22)16-6-8-17(9-7-16)25(23,24)20-11-4-2-3-5-12-20;/h6-9,15,19H,2-5,10-14H2,1H3;1H/t15-;/m0./s1. The second kappa shape index (κ2) is 9.17. The Morgan fingerprint density at radius 3 is 2.23 bits per heavy atom. The number of benzene rings is 1. The van der Waals surface area contributed by atoms with Crippen molar-refractivity contribution in [3.8, 4) is 0 Å². The van der Waals surface area contributed by atoms with Gasteiger partial charge in [0, 0.05) is 44.3 Å². The zero-order valence-electron chi connectivity index (χ0n) is 15.2. The van der Waals surface area contributed by atoms with Gasteiger partial charge in [0.05, 0.1) is 4.90 Å². The lowest BCUT2D eigenvalue weighted by Gasteiger charge is -2.34. The van der Waals surface area contributed by atoms with E-state index in [0.717, 1.165) is 38.8 Å². The van der Waals surface area contributed by atoms with E-state index in [9.17, 15) is 13.2 Å². The van der Waals surface area contributed by atoms with Crippen LogP contribution in [0.25, 0.3) is 0 Å². The molecule has 0 aliphatic carbocycles. The maximum Gasteiger partial charge on any atom is 0.254 e. The summed E-state index contributed by atoms with van der Waals surface area (Å²) in [7, 11) is -3.47. The Labute approximate surface area is 162 Å². The molecule has 146 valence electrons. The summed E-state index contributed by atoms with van der Waals surface area (Å²) in [5.41, 5.74) is 0.545.